The van der Waals surface area contributed by atoms with E-state index in [1.807, 2.05) is 19.2 Å². The molecule has 168 valence electrons. The van der Waals surface area contributed by atoms with Gasteiger partial charge in [-0.1, -0.05) is 12.1 Å². The van der Waals surface area contributed by atoms with Crippen LogP contribution in [0.2, 0.25) is 0 Å². The molecule has 0 radical (unpaired) electrons. The highest BCUT2D eigenvalue weighted by atomic mass is 19.1. The number of primary amides is 1. The summed E-state index contributed by atoms with van der Waals surface area (Å²) in [6.07, 6.45) is 3.64. The molecule has 0 saturated carbocycles. The minimum Gasteiger partial charge on any atom is -0.366 e. The van der Waals surface area contributed by atoms with Crippen molar-refractivity contribution in [3.8, 4) is 11.5 Å². The van der Waals surface area contributed by atoms with Gasteiger partial charge in [0.05, 0.1) is 17.0 Å². The van der Waals surface area contributed by atoms with Crippen molar-refractivity contribution >= 4 is 17.4 Å². The van der Waals surface area contributed by atoms with Gasteiger partial charge in [0.15, 0.2) is 5.82 Å². The molecule has 1 aromatic carbocycles. The fourth-order valence-electron chi connectivity index (χ4n) is 4.26. The number of nitrogens with zero attached hydrogens (tertiary/aromatic N) is 4. The van der Waals surface area contributed by atoms with E-state index in [2.05, 4.69) is 15.6 Å². The van der Waals surface area contributed by atoms with E-state index in [4.69, 9.17) is 15.7 Å². The van der Waals surface area contributed by atoms with Gasteiger partial charge in [-0.15, -0.1) is 0 Å². The summed E-state index contributed by atoms with van der Waals surface area (Å²) in [6.45, 7) is 3.82. The van der Waals surface area contributed by atoms with E-state index in [0.29, 0.717) is 41.5 Å². The van der Waals surface area contributed by atoms with Crippen LogP contribution in [0.5, 0.6) is 0 Å². The molecule has 9 heteroatoms. The molecule has 1 aliphatic rings. The van der Waals surface area contributed by atoms with Gasteiger partial charge in [0.2, 0.25) is 0 Å². The maximum Gasteiger partial charge on any atom is 0.252 e. The molecule has 0 aliphatic carbocycles. The Labute approximate surface area is 190 Å². The van der Waals surface area contributed by atoms with Gasteiger partial charge in [0.1, 0.15) is 23.0 Å². The molecule has 0 atom stereocenters. The predicted molar refractivity (Wildman–Crippen MR) is 123 cm³/mol. The van der Waals surface area contributed by atoms with Crippen LogP contribution in [0.15, 0.2) is 42.6 Å². The van der Waals surface area contributed by atoms with Gasteiger partial charge in [-0.2, -0.15) is 0 Å². The molecule has 4 heterocycles. The van der Waals surface area contributed by atoms with Crippen LogP contribution in [0.4, 0.5) is 10.2 Å². The largest absolute Gasteiger partial charge is 0.366 e. The first-order valence-electron chi connectivity index (χ1n) is 10.9. The average Bonchev–Trinajstić information content (AvgIpc) is 2.96. The van der Waals surface area contributed by atoms with Crippen LogP contribution in [0, 0.1) is 12.7 Å². The Morgan fingerprint density at radius 2 is 2.12 bits per heavy atom. The number of rotatable bonds is 5. The van der Waals surface area contributed by atoms with Crippen LogP contribution in [-0.4, -0.2) is 31.8 Å². The zero-order valence-electron chi connectivity index (χ0n) is 18.2. The third-order valence-corrected chi connectivity index (χ3v) is 5.82. The molecular weight excluding hydrogens is 421 g/mol. The molecule has 5 rings (SSSR count). The van der Waals surface area contributed by atoms with Gasteiger partial charge in [0.25, 0.3) is 5.91 Å². The highest BCUT2D eigenvalue weighted by molar-refractivity contribution is 5.99. The number of imidazole rings is 1. The number of carbonyl (C=O) groups is 1. The first kappa shape index (κ1) is 21.0. The third kappa shape index (κ3) is 4.03. The summed E-state index contributed by atoms with van der Waals surface area (Å²) in [4.78, 5) is 26.2. The molecule has 1 amide bonds. The number of nitrogens with two attached hydrogens (primary N) is 1. The standard InChI is InChI=1S/C24H24FN7O/c1-14-20(32-10-4-8-18(21(26)33)24(32)29-14)23-30-19-13-27-9-3-7-17(19)22(31-23)28-12-15-5-2-6-16(25)11-15/h2,4-6,8,10-11,27H,3,7,9,12-13H2,1H3,(H2,26,33)(H,28,30,31). The van der Waals surface area contributed by atoms with Crippen molar-refractivity contribution in [2.45, 2.75) is 32.9 Å². The minimum absolute atomic E-state index is 0.271. The van der Waals surface area contributed by atoms with Gasteiger partial charge in [-0.3, -0.25) is 9.20 Å². The number of aromatic nitrogens is 4. The molecule has 3 aromatic heterocycles. The molecule has 4 aromatic rings. The Morgan fingerprint density at radius 1 is 1.24 bits per heavy atom. The number of halogens is 1. The fourth-order valence-corrected chi connectivity index (χ4v) is 4.26. The number of aryl methyl sites for hydroxylation is 1. The smallest absolute Gasteiger partial charge is 0.252 e. The lowest BCUT2D eigenvalue weighted by molar-refractivity contribution is 0.100. The summed E-state index contributed by atoms with van der Waals surface area (Å²) in [5, 5.41) is 6.80. The molecule has 0 saturated heterocycles. The van der Waals surface area contributed by atoms with Crippen molar-refractivity contribution in [1.82, 2.24) is 24.7 Å². The summed E-state index contributed by atoms with van der Waals surface area (Å²) in [7, 11) is 0. The van der Waals surface area contributed by atoms with E-state index in [0.717, 1.165) is 42.0 Å². The summed E-state index contributed by atoms with van der Waals surface area (Å²) >= 11 is 0. The lowest BCUT2D eigenvalue weighted by atomic mass is 10.1. The first-order chi connectivity index (χ1) is 16.0. The number of anilines is 1. The molecule has 0 unspecified atom stereocenters. The van der Waals surface area contributed by atoms with Crippen LogP contribution in [0.1, 0.15) is 39.3 Å². The highest BCUT2D eigenvalue weighted by Gasteiger charge is 2.22. The lowest BCUT2D eigenvalue weighted by Gasteiger charge is -2.15. The Kier molecular flexibility index (Phi) is 5.47. The summed E-state index contributed by atoms with van der Waals surface area (Å²) in [5.74, 6) is 0.420. The number of pyridine rings is 1. The number of hydrogen-bond acceptors (Lipinski definition) is 6. The number of fused-ring (bicyclic) bond motifs is 2. The second kappa shape index (κ2) is 8.59. The Bertz CT molecular complexity index is 1360. The van der Waals surface area contributed by atoms with Gasteiger partial charge in [-0.05, 0) is 56.1 Å². The van der Waals surface area contributed by atoms with Crippen molar-refractivity contribution in [1.29, 1.82) is 0 Å². The normalized spacial score (nSPS) is 13.5. The molecule has 33 heavy (non-hydrogen) atoms. The highest BCUT2D eigenvalue weighted by Crippen LogP contribution is 2.29. The second-order valence-corrected chi connectivity index (χ2v) is 8.11. The number of benzene rings is 1. The molecule has 1 aliphatic heterocycles. The van der Waals surface area contributed by atoms with Gasteiger partial charge in [0, 0.05) is 24.8 Å². The van der Waals surface area contributed by atoms with Crippen molar-refractivity contribution in [2.75, 3.05) is 11.9 Å². The molecule has 8 nitrogen and oxygen atoms in total. The zero-order valence-corrected chi connectivity index (χ0v) is 18.2. The van der Waals surface area contributed by atoms with Crippen LogP contribution >= 0.6 is 0 Å². The third-order valence-electron chi connectivity index (χ3n) is 5.82. The number of nitrogens with one attached hydrogen (secondary N) is 2. The SMILES string of the molecule is Cc1nc2c(C(N)=O)cccn2c1-c1nc2c(c(NCc3cccc(F)c3)n1)CCCNC2. The summed E-state index contributed by atoms with van der Waals surface area (Å²) in [5.41, 5.74) is 10.6. The van der Waals surface area contributed by atoms with Gasteiger partial charge >= 0.3 is 0 Å². The van der Waals surface area contributed by atoms with Crippen LogP contribution in [0.3, 0.4) is 0 Å². The zero-order chi connectivity index (χ0) is 22.9. The van der Waals surface area contributed by atoms with E-state index >= 15 is 0 Å². The molecular formula is C24H24FN7O. The van der Waals surface area contributed by atoms with E-state index in [-0.39, 0.29) is 5.82 Å². The lowest BCUT2D eigenvalue weighted by Crippen LogP contribution is -2.15. The summed E-state index contributed by atoms with van der Waals surface area (Å²) < 4.78 is 15.5. The van der Waals surface area contributed by atoms with Crippen molar-refractivity contribution < 1.29 is 9.18 Å². The monoisotopic (exact) mass is 445 g/mol. The Morgan fingerprint density at radius 3 is 2.94 bits per heavy atom. The van der Waals surface area contributed by atoms with Gasteiger partial charge in [-0.25, -0.2) is 19.3 Å². The van der Waals surface area contributed by atoms with E-state index in [1.54, 1.807) is 22.6 Å². The van der Waals surface area contributed by atoms with Crippen LogP contribution in [-0.2, 0) is 19.5 Å². The number of hydrogen-bond donors (Lipinski definition) is 3. The molecule has 0 bridgehead atoms. The van der Waals surface area contributed by atoms with Gasteiger partial charge < -0.3 is 16.4 Å². The van der Waals surface area contributed by atoms with Crippen molar-refractivity contribution in [2.24, 2.45) is 5.73 Å². The van der Waals surface area contributed by atoms with Crippen LogP contribution in [0.25, 0.3) is 17.2 Å². The fraction of sp³-hybridized carbons (Fsp3) is 0.250. The van der Waals surface area contributed by atoms with Crippen LogP contribution < -0.4 is 16.4 Å². The number of carbonyl (C=O) groups excluding carboxylic acids is 1. The summed E-state index contributed by atoms with van der Waals surface area (Å²) in [6, 6.07) is 9.92. The van der Waals surface area contributed by atoms with E-state index in [9.17, 15) is 9.18 Å². The topological polar surface area (TPSA) is 110 Å². The Balaban J connectivity index is 1.62. The molecule has 0 spiro atoms. The average molecular weight is 446 g/mol. The van der Waals surface area contributed by atoms with Crippen molar-refractivity contribution in [3.05, 3.63) is 76.5 Å². The second-order valence-electron chi connectivity index (χ2n) is 8.11. The molecule has 4 N–H and O–H groups in total. The molecule has 0 fully saturated rings. The van der Waals surface area contributed by atoms with E-state index in [1.165, 1.54) is 12.1 Å². The maximum absolute atomic E-state index is 13.6. The Hall–Kier alpha value is -3.85. The quantitative estimate of drug-likeness (QED) is 0.436. The van der Waals surface area contributed by atoms with E-state index < -0.39 is 5.91 Å². The predicted octanol–water partition coefficient (Wildman–Crippen LogP) is 2.99. The number of amides is 1. The van der Waals surface area contributed by atoms with Crippen molar-refractivity contribution in [3.63, 3.8) is 0 Å². The maximum atomic E-state index is 13.6. The minimum atomic E-state index is -0.540. The first-order valence-corrected chi connectivity index (χ1v) is 10.9.